The van der Waals surface area contributed by atoms with Crippen LogP contribution < -0.4 is 0 Å². The molecule has 5 aromatic heterocycles. The Balaban J connectivity index is 1.47. The van der Waals surface area contributed by atoms with Gasteiger partial charge in [0.15, 0.2) is 5.82 Å². The minimum atomic E-state index is 0.613. The highest BCUT2D eigenvalue weighted by atomic mass is 32.1. The largest absolute Gasteiger partial charge is 0.264 e. The molecule has 0 aliphatic heterocycles. The quantitative estimate of drug-likeness (QED) is 0.220. The highest BCUT2D eigenvalue weighted by Crippen LogP contribution is 2.43. The van der Waals surface area contributed by atoms with E-state index in [0.29, 0.717) is 5.82 Å². The zero-order valence-electron chi connectivity index (χ0n) is 20.6. The lowest BCUT2D eigenvalue weighted by Crippen LogP contribution is -1.99. The molecule has 39 heavy (non-hydrogen) atoms. The maximum atomic E-state index is 5.29. The maximum Gasteiger partial charge on any atom is 0.161 e. The van der Waals surface area contributed by atoms with Crippen molar-refractivity contribution in [2.24, 2.45) is 0 Å². The standard InChI is InChI=1S/C33H19N5S/c1-2-10-23-22(9-1)29-26(13-14-28-30(29)24-11-3-4-12-27(24)39-28)37-32(23)25-19-36-33(21-8-6-16-35-18-21)38-31(25)20-7-5-15-34-17-20/h1-19H. The summed E-state index contributed by atoms with van der Waals surface area (Å²) in [5.74, 6) is 0.613. The summed E-state index contributed by atoms with van der Waals surface area (Å²) >= 11 is 1.83. The average Bonchev–Trinajstić information content (AvgIpc) is 3.40. The van der Waals surface area contributed by atoms with Crippen molar-refractivity contribution in [1.29, 1.82) is 0 Å². The third-order valence-corrected chi connectivity index (χ3v) is 8.24. The van der Waals surface area contributed by atoms with Gasteiger partial charge < -0.3 is 0 Å². The summed E-state index contributed by atoms with van der Waals surface area (Å²) < 4.78 is 2.55. The highest BCUT2D eigenvalue weighted by molar-refractivity contribution is 7.26. The van der Waals surface area contributed by atoms with Crippen LogP contribution in [0.25, 0.3) is 75.8 Å². The highest BCUT2D eigenvalue weighted by Gasteiger charge is 2.20. The fourth-order valence-electron chi connectivity index (χ4n) is 5.38. The van der Waals surface area contributed by atoms with E-state index in [1.807, 2.05) is 48.0 Å². The molecule has 5 nitrogen and oxygen atoms in total. The van der Waals surface area contributed by atoms with Crippen molar-refractivity contribution in [2.75, 3.05) is 0 Å². The second-order valence-electron chi connectivity index (χ2n) is 9.38. The molecule has 0 saturated heterocycles. The number of pyridine rings is 3. The first-order chi connectivity index (χ1) is 19.3. The van der Waals surface area contributed by atoms with Crippen LogP contribution in [0.5, 0.6) is 0 Å². The van der Waals surface area contributed by atoms with Crippen LogP contribution in [0.3, 0.4) is 0 Å². The molecule has 0 N–H and O–H groups in total. The SMILES string of the molecule is c1cncc(-c2ncc(-c3nc4ccc5sc6ccccc6c5c4c4ccccc34)c(-c3cccnc3)n2)c1. The van der Waals surface area contributed by atoms with Gasteiger partial charge in [0.1, 0.15) is 0 Å². The Morgan fingerprint density at radius 3 is 2.05 bits per heavy atom. The third kappa shape index (κ3) is 3.50. The van der Waals surface area contributed by atoms with Gasteiger partial charge in [-0.1, -0.05) is 42.5 Å². The number of nitrogens with zero attached hydrogens (tertiary/aromatic N) is 5. The Morgan fingerprint density at radius 2 is 1.26 bits per heavy atom. The number of rotatable bonds is 3. The Hall–Kier alpha value is -5.07. The second-order valence-corrected chi connectivity index (χ2v) is 10.5. The molecule has 0 amide bonds. The number of hydrogen-bond acceptors (Lipinski definition) is 6. The average molecular weight is 518 g/mol. The molecule has 5 heterocycles. The first-order valence-electron chi connectivity index (χ1n) is 12.7. The molecule has 0 aliphatic rings. The number of aromatic nitrogens is 5. The van der Waals surface area contributed by atoms with Gasteiger partial charge in [-0.05, 0) is 47.9 Å². The molecule has 6 heteroatoms. The molecular weight excluding hydrogens is 498 g/mol. The minimum Gasteiger partial charge on any atom is -0.264 e. The third-order valence-electron chi connectivity index (χ3n) is 7.10. The van der Waals surface area contributed by atoms with E-state index in [4.69, 9.17) is 15.0 Å². The summed E-state index contributed by atoms with van der Waals surface area (Å²) in [6, 6.07) is 29.3. The fourth-order valence-corrected chi connectivity index (χ4v) is 6.49. The molecule has 0 saturated carbocycles. The molecule has 0 aliphatic carbocycles. The van der Waals surface area contributed by atoms with Crippen LogP contribution in [0.2, 0.25) is 0 Å². The van der Waals surface area contributed by atoms with Gasteiger partial charge in [0.05, 0.1) is 16.9 Å². The molecular formula is C33H19N5S. The van der Waals surface area contributed by atoms with E-state index in [1.165, 1.54) is 30.9 Å². The summed E-state index contributed by atoms with van der Waals surface area (Å²) in [6.45, 7) is 0. The van der Waals surface area contributed by atoms with Crippen molar-refractivity contribution in [3.63, 3.8) is 0 Å². The number of thiophene rings is 1. The van der Waals surface area contributed by atoms with Crippen molar-refractivity contribution in [3.8, 4) is 33.9 Å². The van der Waals surface area contributed by atoms with E-state index < -0.39 is 0 Å². The predicted molar refractivity (Wildman–Crippen MR) is 160 cm³/mol. The Kier molecular flexibility index (Phi) is 4.93. The first-order valence-corrected chi connectivity index (χ1v) is 13.5. The van der Waals surface area contributed by atoms with Crippen LogP contribution in [0.4, 0.5) is 0 Å². The first kappa shape index (κ1) is 22.0. The minimum absolute atomic E-state index is 0.613. The van der Waals surface area contributed by atoms with E-state index in [1.54, 1.807) is 18.6 Å². The zero-order valence-corrected chi connectivity index (χ0v) is 21.4. The normalized spacial score (nSPS) is 11.6. The summed E-state index contributed by atoms with van der Waals surface area (Å²) in [5, 5.41) is 5.94. The van der Waals surface area contributed by atoms with Crippen molar-refractivity contribution in [1.82, 2.24) is 24.9 Å². The summed E-state index contributed by atoms with van der Waals surface area (Å²) in [5.41, 5.74) is 5.23. The number of benzene rings is 3. The Morgan fingerprint density at radius 1 is 0.513 bits per heavy atom. The van der Waals surface area contributed by atoms with Crippen LogP contribution >= 0.6 is 11.3 Å². The van der Waals surface area contributed by atoms with E-state index in [0.717, 1.165) is 39.0 Å². The Bertz CT molecular complexity index is 2170. The van der Waals surface area contributed by atoms with E-state index in [9.17, 15) is 0 Å². The van der Waals surface area contributed by atoms with Gasteiger partial charge in [-0.25, -0.2) is 15.0 Å². The molecule has 182 valence electrons. The zero-order chi connectivity index (χ0) is 25.8. The number of fused-ring (bicyclic) bond motifs is 7. The lowest BCUT2D eigenvalue weighted by atomic mass is 9.96. The van der Waals surface area contributed by atoms with Crippen molar-refractivity contribution >= 4 is 53.2 Å². The Labute approximate surface area is 227 Å². The molecule has 8 aromatic rings. The van der Waals surface area contributed by atoms with Gasteiger partial charge in [-0.2, -0.15) is 0 Å². The van der Waals surface area contributed by atoms with Crippen molar-refractivity contribution < 1.29 is 0 Å². The summed E-state index contributed by atoms with van der Waals surface area (Å²) in [7, 11) is 0. The van der Waals surface area contributed by atoms with E-state index in [2.05, 4.69) is 70.6 Å². The summed E-state index contributed by atoms with van der Waals surface area (Å²) in [4.78, 5) is 23.7. The topological polar surface area (TPSA) is 64.5 Å². The molecule has 0 unspecified atom stereocenters. The van der Waals surface area contributed by atoms with Gasteiger partial charge in [-0.15, -0.1) is 11.3 Å². The maximum absolute atomic E-state index is 5.29. The lowest BCUT2D eigenvalue weighted by molar-refractivity contribution is 1.16. The lowest BCUT2D eigenvalue weighted by Gasteiger charge is -2.14. The predicted octanol–water partition coefficient (Wildman–Crippen LogP) is 8.34. The molecule has 0 spiro atoms. The van der Waals surface area contributed by atoms with E-state index >= 15 is 0 Å². The molecule has 0 fully saturated rings. The van der Waals surface area contributed by atoms with Crippen LogP contribution in [-0.2, 0) is 0 Å². The molecule has 0 bridgehead atoms. The molecule has 0 atom stereocenters. The van der Waals surface area contributed by atoms with Gasteiger partial charge >= 0.3 is 0 Å². The van der Waals surface area contributed by atoms with Gasteiger partial charge in [0.25, 0.3) is 0 Å². The molecule has 0 radical (unpaired) electrons. The van der Waals surface area contributed by atoms with Crippen molar-refractivity contribution in [3.05, 3.63) is 116 Å². The second kappa shape index (κ2) is 8.75. The van der Waals surface area contributed by atoms with E-state index in [-0.39, 0.29) is 0 Å². The smallest absolute Gasteiger partial charge is 0.161 e. The van der Waals surface area contributed by atoms with Gasteiger partial charge in [-0.3, -0.25) is 9.97 Å². The van der Waals surface area contributed by atoms with Crippen LogP contribution in [0.15, 0.2) is 116 Å². The fraction of sp³-hybridized carbons (Fsp3) is 0. The monoisotopic (exact) mass is 517 g/mol. The van der Waals surface area contributed by atoms with Gasteiger partial charge in [0.2, 0.25) is 0 Å². The van der Waals surface area contributed by atoms with Gasteiger partial charge in [0, 0.05) is 78.6 Å². The van der Waals surface area contributed by atoms with Crippen LogP contribution in [0, 0.1) is 0 Å². The van der Waals surface area contributed by atoms with Crippen molar-refractivity contribution in [2.45, 2.75) is 0 Å². The number of hydrogen-bond donors (Lipinski definition) is 0. The molecule has 8 rings (SSSR count). The van der Waals surface area contributed by atoms with Crippen LogP contribution in [-0.4, -0.2) is 24.9 Å². The summed E-state index contributed by atoms with van der Waals surface area (Å²) in [6.07, 6.45) is 9.02. The molecule has 3 aromatic carbocycles. The van der Waals surface area contributed by atoms with Crippen LogP contribution in [0.1, 0.15) is 0 Å².